The maximum absolute atomic E-state index is 6.59. The molecule has 28 heavy (non-hydrogen) atoms. The molecule has 0 saturated carbocycles. The SMILES string of the molecule is Cc1c(N)ccc(OOc2c(C)c(C)c(N)c(C(C)(C)C)c2C(C)(C)C)c1C. The van der Waals surface area contributed by atoms with Crippen molar-refractivity contribution in [2.24, 2.45) is 0 Å². The van der Waals surface area contributed by atoms with E-state index in [0.717, 1.165) is 50.5 Å². The van der Waals surface area contributed by atoms with Crippen molar-refractivity contribution in [3.63, 3.8) is 0 Å². The molecule has 4 nitrogen and oxygen atoms in total. The summed E-state index contributed by atoms with van der Waals surface area (Å²) in [4.78, 5) is 11.9. The van der Waals surface area contributed by atoms with E-state index in [1.54, 1.807) is 0 Å². The summed E-state index contributed by atoms with van der Waals surface area (Å²) < 4.78 is 0. The lowest BCUT2D eigenvalue weighted by molar-refractivity contribution is -0.103. The molecule has 2 aromatic rings. The minimum absolute atomic E-state index is 0.128. The van der Waals surface area contributed by atoms with Gasteiger partial charge in [-0.3, -0.25) is 9.78 Å². The van der Waals surface area contributed by atoms with Crippen LogP contribution in [0.1, 0.15) is 74.9 Å². The zero-order valence-corrected chi connectivity index (χ0v) is 19.1. The van der Waals surface area contributed by atoms with Gasteiger partial charge in [-0.25, -0.2) is 0 Å². The Morgan fingerprint density at radius 3 is 1.68 bits per heavy atom. The van der Waals surface area contributed by atoms with Crippen molar-refractivity contribution in [1.82, 2.24) is 0 Å². The van der Waals surface area contributed by atoms with E-state index < -0.39 is 0 Å². The van der Waals surface area contributed by atoms with Gasteiger partial charge >= 0.3 is 0 Å². The minimum atomic E-state index is -0.167. The van der Waals surface area contributed by atoms with E-state index in [-0.39, 0.29) is 10.8 Å². The molecule has 2 rings (SSSR count). The molecule has 4 N–H and O–H groups in total. The van der Waals surface area contributed by atoms with Gasteiger partial charge in [0, 0.05) is 28.1 Å². The van der Waals surface area contributed by atoms with Crippen LogP contribution in [0.25, 0.3) is 0 Å². The maximum atomic E-state index is 6.59. The molecule has 4 heteroatoms. The van der Waals surface area contributed by atoms with E-state index in [9.17, 15) is 0 Å². The molecule has 0 fully saturated rings. The molecule has 0 unspecified atom stereocenters. The van der Waals surface area contributed by atoms with Crippen LogP contribution in [0.3, 0.4) is 0 Å². The molecule has 0 atom stereocenters. The number of anilines is 2. The number of nitrogens with two attached hydrogens (primary N) is 2. The Bertz CT molecular complexity index is 901. The van der Waals surface area contributed by atoms with Gasteiger partial charge in [0.1, 0.15) is 0 Å². The molecule has 154 valence electrons. The fourth-order valence-corrected chi connectivity index (χ4v) is 3.59. The molecule has 0 spiro atoms. The van der Waals surface area contributed by atoms with Gasteiger partial charge in [-0.1, -0.05) is 41.5 Å². The first-order valence-corrected chi connectivity index (χ1v) is 9.81. The highest BCUT2D eigenvalue weighted by Gasteiger charge is 2.34. The average molecular weight is 385 g/mol. The van der Waals surface area contributed by atoms with Crippen LogP contribution in [-0.2, 0) is 10.8 Å². The summed E-state index contributed by atoms with van der Waals surface area (Å²) in [7, 11) is 0. The molecule has 0 radical (unpaired) electrons. The molecule has 0 bridgehead atoms. The second-order valence-corrected chi connectivity index (χ2v) is 9.81. The van der Waals surface area contributed by atoms with Crippen molar-refractivity contribution in [2.75, 3.05) is 11.5 Å². The molecule has 0 heterocycles. The smallest absolute Gasteiger partial charge is 0.185 e. The van der Waals surface area contributed by atoms with E-state index in [4.69, 9.17) is 21.2 Å². The van der Waals surface area contributed by atoms with Crippen LogP contribution >= 0.6 is 0 Å². The van der Waals surface area contributed by atoms with Gasteiger partial charge in [0.25, 0.3) is 0 Å². The summed E-state index contributed by atoms with van der Waals surface area (Å²) in [5.74, 6) is 1.41. The first-order chi connectivity index (χ1) is 12.7. The van der Waals surface area contributed by atoms with E-state index in [1.807, 2.05) is 39.8 Å². The lowest BCUT2D eigenvalue weighted by Gasteiger charge is -2.34. The van der Waals surface area contributed by atoms with Crippen LogP contribution in [0, 0.1) is 27.7 Å². The number of rotatable bonds is 3. The van der Waals surface area contributed by atoms with Crippen LogP contribution in [0.2, 0.25) is 0 Å². The summed E-state index contributed by atoms with van der Waals surface area (Å²) in [6, 6.07) is 3.69. The normalized spacial score (nSPS) is 12.2. The third-order valence-corrected chi connectivity index (χ3v) is 5.55. The second kappa shape index (κ2) is 7.23. The summed E-state index contributed by atoms with van der Waals surface area (Å²) >= 11 is 0. The van der Waals surface area contributed by atoms with Crippen molar-refractivity contribution >= 4 is 11.4 Å². The van der Waals surface area contributed by atoms with Gasteiger partial charge in [0.2, 0.25) is 0 Å². The lowest BCUT2D eigenvalue weighted by atomic mass is 9.72. The Labute approximate surface area is 170 Å². The Morgan fingerprint density at radius 1 is 0.643 bits per heavy atom. The molecule has 0 saturated heterocycles. The molecule has 0 aliphatic rings. The van der Waals surface area contributed by atoms with Gasteiger partial charge in [-0.05, 0) is 67.3 Å². The monoisotopic (exact) mass is 384 g/mol. The number of hydrogen-bond acceptors (Lipinski definition) is 4. The van der Waals surface area contributed by atoms with Gasteiger partial charge in [0.05, 0.1) is 0 Å². The zero-order chi connectivity index (χ0) is 21.6. The van der Waals surface area contributed by atoms with E-state index in [2.05, 4.69) is 41.5 Å². The maximum Gasteiger partial charge on any atom is 0.185 e. The van der Waals surface area contributed by atoms with Crippen LogP contribution in [-0.4, -0.2) is 0 Å². The first kappa shape index (κ1) is 21.9. The molecule has 2 aromatic carbocycles. The van der Waals surface area contributed by atoms with Crippen LogP contribution < -0.4 is 21.2 Å². The van der Waals surface area contributed by atoms with Crippen LogP contribution in [0.15, 0.2) is 12.1 Å². The Kier molecular flexibility index (Phi) is 5.66. The predicted molar refractivity (Wildman–Crippen MR) is 119 cm³/mol. The third-order valence-electron chi connectivity index (χ3n) is 5.55. The van der Waals surface area contributed by atoms with Gasteiger partial charge in [0.15, 0.2) is 11.5 Å². The largest absolute Gasteiger partial charge is 0.399 e. The summed E-state index contributed by atoms with van der Waals surface area (Å²) in [6.07, 6.45) is 0. The number of hydrogen-bond donors (Lipinski definition) is 2. The van der Waals surface area contributed by atoms with Crippen molar-refractivity contribution in [1.29, 1.82) is 0 Å². The summed E-state index contributed by atoms with van der Waals surface area (Å²) in [6.45, 7) is 21.1. The molecule has 0 amide bonds. The van der Waals surface area contributed by atoms with Crippen molar-refractivity contribution in [3.05, 3.63) is 45.5 Å². The average Bonchev–Trinajstić information content (AvgIpc) is 2.56. The van der Waals surface area contributed by atoms with Gasteiger partial charge in [-0.15, -0.1) is 0 Å². The molecule has 0 aromatic heterocycles. The highest BCUT2D eigenvalue weighted by Crippen LogP contribution is 2.46. The van der Waals surface area contributed by atoms with Crippen molar-refractivity contribution < 1.29 is 9.78 Å². The Hall–Kier alpha value is -2.36. The minimum Gasteiger partial charge on any atom is -0.399 e. The second-order valence-electron chi connectivity index (χ2n) is 9.81. The zero-order valence-electron chi connectivity index (χ0n) is 19.1. The quantitative estimate of drug-likeness (QED) is 0.384. The topological polar surface area (TPSA) is 70.5 Å². The van der Waals surface area contributed by atoms with Gasteiger partial charge in [-0.2, -0.15) is 0 Å². The molecular weight excluding hydrogens is 348 g/mol. The lowest BCUT2D eigenvalue weighted by Crippen LogP contribution is -2.26. The number of benzene rings is 2. The van der Waals surface area contributed by atoms with E-state index >= 15 is 0 Å². The van der Waals surface area contributed by atoms with E-state index in [1.165, 1.54) is 0 Å². The van der Waals surface area contributed by atoms with Crippen molar-refractivity contribution in [2.45, 2.75) is 80.1 Å². The van der Waals surface area contributed by atoms with E-state index in [0.29, 0.717) is 5.75 Å². The van der Waals surface area contributed by atoms with Gasteiger partial charge < -0.3 is 11.5 Å². The Morgan fingerprint density at radius 2 is 1.18 bits per heavy atom. The molecular formula is C24H36N2O2. The highest BCUT2D eigenvalue weighted by atomic mass is 17.2. The van der Waals surface area contributed by atoms with Crippen LogP contribution in [0.5, 0.6) is 11.5 Å². The highest BCUT2D eigenvalue weighted by molar-refractivity contribution is 5.69. The Balaban J connectivity index is 2.67. The predicted octanol–water partition coefficient (Wildman–Crippen LogP) is 6.05. The fraction of sp³-hybridized carbons (Fsp3) is 0.500. The first-order valence-electron chi connectivity index (χ1n) is 9.81. The summed E-state index contributed by atoms with van der Waals surface area (Å²) in [5, 5.41) is 0. The third kappa shape index (κ3) is 3.91. The van der Waals surface area contributed by atoms with Crippen LogP contribution in [0.4, 0.5) is 11.4 Å². The fourth-order valence-electron chi connectivity index (χ4n) is 3.59. The molecule has 0 aliphatic carbocycles. The van der Waals surface area contributed by atoms with Crippen molar-refractivity contribution in [3.8, 4) is 11.5 Å². The summed E-state index contributed by atoms with van der Waals surface area (Å²) in [5.41, 5.74) is 20.1. The molecule has 0 aliphatic heterocycles. The standard InChI is InChI=1S/C24H36N2O2/c1-13-14(2)18(12-11-17(13)25)27-28-22-16(4)15(3)21(26)19(23(5,6)7)20(22)24(8,9)10/h11-12H,25-26H2,1-10H3. The number of nitrogen functional groups attached to an aromatic ring is 2.